The van der Waals surface area contributed by atoms with Crippen molar-refractivity contribution in [2.45, 2.75) is 115 Å². The predicted octanol–water partition coefficient (Wildman–Crippen LogP) is 7.17. The fourth-order valence-corrected chi connectivity index (χ4v) is 3.64. The summed E-state index contributed by atoms with van der Waals surface area (Å²) < 4.78 is 39.5. The van der Waals surface area contributed by atoms with Gasteiger partial charge in [-0.3, -0.25) is 9.59 Å². The summed E-state index contributed by atoms with van der Waals surface area (Å²) in [6.45, 7) is 26.9. The van der Waals surface area contributed by atoms with Gasteiger partial charge in [0.15, 0.2) is 0 Å². The van der Waals surface area contributed by atoms with Crippen molar-refractivity contribution >= 4 is 11.8 Å². The molecule has 8 heteroatoms. The third-order valence-corrected chi connectivity index (χ3v) is 6.56. The van der Waals surface area contributed by atoms with Gasteiger partial charge in [0.1, 0.15) is 0 Å². The van der Waals surface area contributed by atoms with Crippen LogP contribution in [0.3, 0.4) is 0 Å². The average molecular weight is 575 g/mol. The van der Waals surface area contributed by atoms with Crippen LogP contribution in [0.15, 0.2) is 12.2 Å². The van der Waals surface area contributed by atoms with Gasteiger partial charge in [0.25, 0.3) is 5.91 Å². The van der Waals surface area contributed by atoms with Crippen molar-refractivity contribution < 1.29 is 27.8 Å². The summed E-state index contributed by atoms with van der Waals surface area (Å²) >= 11 is 0. The molecule has 0 aliphatic rings. The molecule has 0 bridgehead atoms. The molecule has 0 rings (SSSR count). The number of alkyl halides is 2. The van der Waals surface area contributed by atoms with E-state index >= 15 is 0 Å². The van der Waals surface area contributed by atoms with E-state index in [1.54, 1.807) is 0 Å². The Morgan fingerprint density at radius 3 is 1.77 bits per heavy atom. The van der Waals surface area contributed by atoms with Gasteiger partial charge in [-0.05, 0) is 53.4 Å². The van der Waals surface area contributed by atoms with Crippen LogP contribution in [-0.4, -0.2) is 57.3 Å². The van der Waals surface area contributed by atoms with E-state index in [4.69, 9.17) is 9.47 Å². The van der Waals surface area contributed by atoms with Crippen LogP contribution < -0.4 is 10.6 Å². The van der Waals surface area contributed by atoms with E-state index in [1.165, 1.54) is 6.08 Å². The maximum atomic E-state index is 14.1. The molecule has 0 aliphatic carbocycles. The van der Waals surface area contributed by atoms with E-state index < -0.39 is 17.2 Å². The molecule has 0 aromatic heterocycles. The van der Waals surface area contributed by atoms with Gasteiger partial charge in [0.2, 0.25) is 5.91 Å². The largest absolute Gasteiger partial charge is 0.381 e. The van der Waals surface area contributed by atoms with Gasteiger partial charge in [-0.15, -0.1) is 0 Å². The molecule has 0 heterocycles. The zero-order valence-electron chi connectivity index (χ0n) is 27.6. The van der Waals surface area contributed by atoms with E-state index in [2.05, 4.69) is 59.1 Å². The number of ether oxygens (including phenoxy) is 2. The molecule has 2 amide bonds. The van der Waals surface area contributed by atoms with Crippen LogP contribution in [0.5, 0.6) is 0 Å². The van der Waals surface area contributed by atoms with Crippen LogP contribution >= 0.6 is 0 Å². The molecule has 0 aromatic carbocycles. The van der Waals surface area contributed by atoms with E-state index in [9.17, 15) is 18.4 Å². The van der Waals surface area contributed by atoms with Gasteiger partial charge in [0.05, 0.1) is 19.8 Å². The van der Waals surface area contributed by atoms with E-state index in [-0.39, 0.29) is 40.7 Å². The van der Waals surface area contributed by atoms with Gasteiger partial charge in [-0.25, -0.2) is 0 Å². The molecule has 0 atom stereocenters. The number of hydrogen-bond acceptors (Lipinski definition) is 4. The highest BCUT2D eigenvalue weighted by molar-refractivity contribution is 5.85. The van der Waals surface area contributed by atoms with Crippen molar-refractivity contribution in [1.82, 2.24) is 10.6 Å². The normalized spacial score (nSPS) is 14.1. The lowest BCUT2D eigenvalue weighted by Crippen LogP contribution is -2.42. The molecule has 236 valence electrons. The fraction of sp³-hybridized carbons (Fsp3) is 0.875. The Morgan fingerprint density at radius 1 is 0.675 bits per heavy atom. The number of hydrogen-bond donors (Lipinski definition) is 2. The quantitative estimate of drug-likeness (QED) is 0.134. The number of nitrogens with one attached hydrogen (secondary N) is 2. The first kappa shape index (κ1) is 38.5. The van der Waals surface area contributed by atoms with Crippen LogP contribution in [0.25, 0.3) is 0 Å². The zero-order valence-corrected chi connectivity index (χ0v) is 27.6. The second-order valence-corrected chi connectivity index (χ2v) is 15.9. The highest BCUT2D eigenvalue weighted by atomic mass is 19.3. The summed E-state index contributed by atoms with van der Waals surface area (Å²) in [5.74, 6) is -4.83. The molecular formula is C32H60F2N2O4. The Labute approximate surface area is 243 Å². The van der Waals surface area contributed by atoms with Crippen molar-refractivity contribution in [3.05, 3.63) is 12.2 Å². The van der Waals surface area contributed by atoms with Crippen LogP contribution in [-0.2, 0) is 19.1 Å². The summed E-state index contributed by atoms with van der Waals surface area (Å²) in [5, 5.41) is 5.43. The monoisotopic (exact) mass is 574 g/mol. The van der Waals surface area contributed by atoms with Crippen LogP contribution in [0.4, 0.5) is 8.78 Å². The summed E-state index contributed by atoms with van der Waals surface area (Å²) in [6, 6.07) is 0. The van der Waals surface area contributed by atoms with Crippen molar-refractivity contribution in [3.63, 3.8) is 0 Å². The van der Waals surface area contributed by atoms with Crippen LogP contribution in [0, 0.1) is 27.1 Å². The molecule has 40 heavy (non-hydrogen) atoms. The fourth-order valence-electron chi connectivity index (χ4n) is 3.64. The average Bonchev–Trinajstić information content (AvgIpc) is 2.78. The molecule has 0 spiro atoms. The Morgan fingerprint density at radius 2 is 1.23 bits per heavy atom. The van der Waals surface area contributed by atoms with Gasteiger partial charge < -0.3 is 20.1 Å². The highest BCUT2D eigenvalue weighted by Crippen LogP contribution is 2.31. The Balaban J connectivity index is 4.48. The zero-order chi connectivity index (χ0) is 31.5. The lowest BCUT2D eigenvalue weighted by atomic mass is 9.79. The Hall–Kier alpha value is -1.54. The molecule has 0 saturated carbocycles. The first-order valence-electron chi connectivity index (χ1n) is 14.7. The SMILES string of the molecule is CC(C)(C)CNC(=O)C(F)(F)/C=C/COCC(C)(C)CCC(C)(C)CNC(=O)C(C)(C)CCCOCC(C)(C)C. The molecule has 0 saturated heterocycles. The molecule has 0 aliphatic heterocycles. The van der Waals surface area contributed by atoms with E-state index in [0.717, 1.165) is 25.7 Å². The maximum absolute atomic E-state index is 14.1. The minimum absolute atomic E-state index is 0.00134. The molecule has 6 nitrogen and oxygen atoms in total. The molecule has 2 N–H and O–H groups in total. The summed E-state index contributed by atoms with van der Waals surface area (Å²) in [5.41, 5.74) is -0.886. The van der Waals surface area contributed by atoms with Gasteiger partial charge in [-0.1, -0.05) is 89.2 Å². The van der Waals surface area contributed by atoms with Gasteiger partial charge in [0, 0.05) is 25.1 Å². The number of rotatable bonds is 18. The predicted molar refractivity (Wildman–Crippen MR) is 160 cm³/mol. The summed E-state index contributed by atoms with van der Waals surface area (Å²) in [4.78, 5) is 24.7. The van der Waals surface area contributed by atoms with E-state index in [1.807, 2.05) is 34.6 Å². The van der Waals surface area contributed by atoms with Crippen molar-refractivity contribution in [1.29, 1.82) is 0 Å². The molecule has 0 aromatic rings. The number of carbonyl (C=O) groups excluding carboxylic acids is 2. The Kier molecular flexibility index (Phi) is 15.0. The van der Waals surface area contributed by atoms with Gasteiger partial charge >= 0.3 is 5.92 Å². The lowest BCUT2D eigenvalue weighted by Gasteiger charge is -2.32. The third-order valence-electron chi connectivity index (χ3n) is 6.56. The maximum Gasteiger partial charge on any atom is 0.343 e. The minimum atomic E-state index is -3.58. The van der Waals surface area contributed by atoms with Gasteiger partial charge in [-0.2, -0.15) is 8.78 Å². The van der Waals surface area contributed by atoms with Crippen molar-refractivity contribution in [2.24, 2.45) is 27.1 Å². The Bertz CT molecular complexity index is 807. The number of amides is 2. The van der Waals surface area contributed by atoms with Crippen molar-refractivity contribution in [2.75, 3.05) is 39.5 Å². The molecule has 0 unspecified atom stereocenters. The first-order chi connectivity index (χ1) is 17.9. The smallest absolute Gasteiger partial charge is 0.343 e. The van der Waals surface area contributed by atoms with E-state index in [0.29, 0.717) is 32.4 Å². The first-order valence-corrected chi connectivity index (χ1v) is 14.7. The molecular weight excluding hydrogens is 514 g/mol. The van der Waals surface area contributed by atoms with Crippen LogP contribution in [0.1, 0.15) is 109 Å². The minimum Gasteiger partial charge on any atom is -0.381 e. The second kappa shape index (κ2) is 15.6. The molecule has 0 radical (unpaired) electrons. The standard InChI is InChI=1S/C32H60F2N2O4/c1-27(2,3)21-35-26(38)32(33,34)16-14-20-40-24-30(9,10)18-17-29(7,8)22-36-25(37)31(11,12)15-13-19-39-23-28(4,5)6/h14,16H,13,15,17-24H2,1-12H3,(H,35,38)(H,36,37)/b16-14+. The second-order valence-electron chi connectivity index (χ2n) is 15.9. The number of halogens is 2. The number of carbonyl (C=O) groups is 2. The summed E-state index contributed by atoms with van der Waals surface area (Å²) in [7, 11) is 0. The third kappa shape index (κ3) is 18.7. The van der Waals surface area contributed by atoms with Crippen LogP contribution in [0.2, 0.25) is 0 Å². The topological polar surface area (TPSA) is 76.7 Å². The highest BCUT2D eigenvalue weighted by Gasteiger charge is 2.36. The summed E-state index contributed by atoms with van der Waals surface area (Å²) in [6.07, 6.45) is 5.11. The lowest BCUT2D eigenvalue weighted by molar-refractivity contribution is -0.139. The van der Waals surface area contributed by atoms with Crippen molar-refractivity contribution in [3.8, 4) is 0 Å². The molecule has 0 fully saturated rings.